The molecule has 1 amide bonds. The summed E-state index contributed by atoms with van der Waals surface area (Å²) in [6.07, 6.45) is 3.02. The summed E-state index contributed by atoms with van der Waals surface area (Å²) in [6, 6.07) is 1.43. The molecule has 0 spiro atoms. The van der Waals surface area contributed by atoms with E-state index in [-0.39, 0.29) is 22.7 Å². The highest BCUT2D eigenvalue weighted by atomic mass is 35.5. The van der Waals surface area contributed by atoms with Crippen LogP contribution in [0.2, 0.25) is 5.15 Å². The van der Waals surface area contributed by atoms with Crippen LogP contribution in [0.4, 0.5) is 5.69 Å². The molecule has 0 saturated carbocycles. The lowest BCUT2D eigenvalue weighted by molar-refractivity contribution is -0.385. The number of amides is 1. The van der Waals surface area contributed by atoms with Crippen LogP contribution < -0.4 is 0 Å². The molecule has 8 heteroatoms. The second kappa shape index (κ2) is 6.36. The van der Waals surface area contributed by atoms with Gasteiger partial charge < -0.3 is 9.80 Å². The second-order valence-corrected chi connectivity index (χ2v) is 5.56. The monoisotopic (exact) mass is 312 g/mol. The van der Waals surface area contributed by atoms with Crippen molar-refractivity contribution in [1.29, 1.82) is 0 Å². The number of carbonyl (C=O) groups excluding carboxylic acids is 1. The van der Waals surface area contributed by atoms with Gasteiger partial charge in [-0.2, -0.15) is 0 Å². The quantitative estimate of drug-likeness (QED) is 0.483. The Morgan fingerprint density at radius 2 is 2.14 bits per heavy atom. The number of nitrogens with zero attached hydrogens (tertiary/aromatic N) is 4. The lowest BCUT2D eigenvalue weighted by atomic mass is 10.0. The van der Waals surface area contributed by atoms with Gasteiger partial charge in [-0.3, -0.25) is 14.9 Å². The molecule has 114 valence electrons. The van der Waals surface area contributed by atoms with E-state index in [9.17, 15) is 14.9 Å². The number of hydrogen-bond donors (Lipinski definition) is 0. The van der Waals surface area contributed by atoms with E-state index in [1.165, 1.54) is 12.3 Å². The van der Waals surface area contributed by atoms with Crippen molar-refractivity contribution in [1.82, 2.24) is 14.8 Å². The van der Waals surface area contributed by atoms with E-state index in [2.05, 4.69) is 9.88 Å². The maximum atomic E-state index is 12.5. The molecule has 2 heterocycles. The average molecular weight is 313 g/mol. The van der Waals surface area contributed by atoms with Gasteiger partial charge in [0.15, 0.2) is 0 Å². The number of piperidine rings is 1. The Bertz CT molecular complexity index is 558. The molecule has 0 radical (unpaired) electrons. The Kier molecular flexibility index (Phi) is 4.74. The zero-order valence-corrected chi connectivity index (χ0v) is 12.7. The minimum atomic E-state index is -0.662. The number of aromatic nitrogens is 1. The van der Waals surface area contributed by atoms with Gasteiger partial charge in [-0.25, -0.2) is 4.98 Å². The summed E-state index contributed by atoms with van der Waals surface area (Å²) in [5.74, 6) is -0.388. The molecule has 0 atom stereocenters. The summed E-state index contributed by atoms with van der Waals surface area (Å²) < 4.78 is 0. The van der Waals surface area contributed by atoms with Gasteiger partial charge in [-0.05, 0) is 39.0 Å². The van der Waals surface area contributed by atoms with E-state index in [1.807, 2.05) is 7.05 Å². The zero-order chi connectivity index (χ0) is 15.6. The van der Waals surface area contributed by atoms with Gasteiger partial charge in [-0.1, -0.05) is 11.6 Å². The first-order valence-corrected chi connectivity index (χ1v) is 7.04. The standard InChI is InChI=1S/C13H17ClN4O3/c1-16-7-4-9(5-8-16)17(2)13(19)10-3-6-15-12(14)11(10)18(20)21/h3,6,9H,4-5,7-8H2,1-2H3. The van der Waals surface area contributed by atoms with Crippen molar-refractivity contribution in [3.05, 3.63) is 33.1 Å². The third-order valence-electron chi connectivity index (χ3n) is 3.85. The SMILES string of the molecule is CN1CCC(N(C)C(=O)c2ccnc(Cl)c2[N+](=O)[O-])CC1. The van der Waals surface area contributed by atoms with Crippen LogP contribution in [-0.4, -0.2) is 58.8 Å². The first kappa shape index (κ1) is 15.7. The lowest BCUT2D eigenvalue weighted by Crippen LogP contribution is -2.44. The number of hydrogen-bond acceptors (Lipinski definition) is 5. The topological polar surface area (TPSA) is 79.6 Å². The highest BCUT2D eigenvalue weighted by molar-refractivity contribution is 6.32. The molecular weight excluding hydrogens is 296 g/mol. The van der Waals surface area contributed by atoms with Crippen molar-refractivity contribution in [2.45, 2.75) is 18.9 Å². The molecule has 0 bridgehead atoms. The Morgan fingerprint density at radius 1 is 1.52 bits per heavy atom. The van der Waals surface area contributed by atoms with Crippen LogP contribution in [0.25, 0.3) is 0 Å². The molecule has 0 aromatic carbocycles. The molecule has 1 fully saturated rings. The second-order valence-electron chi connectivity index (χ2n) is 5.21. The maximum absolute atomic E-state index is 12.5. The first-order valence-electron chi connectivity index (χ1n) is 6.66. The predicted molar refractivity (Wildman–Crippen MR) is 78.5 cm³/mol. The van der Waals surface area contributed by atoms with Crippen molar-refractivity contribution in [3.8, 4) is 0 Å². The molecule has 1 aromatic heterocycles. The minimum Gasteiger partial charge on any atom is -0.338 e. The third-order valence-corrected chi connectivity index (χ3v) is 4.13. The molecule has 1 aliphatic heterocycles. The normalized spacial score (nSPS) is 16.7. The lowest BCUT2D eigenvalue weighted by Gasteiger charge is -2.35. The molecular formula is C13H17ClN4O3. The number of pyridine rings is 1. The van der Waals surface area contributed by atoms with Crippen LogP contribution in [0.5, 0.6) is 0 Å². The molecule has 0 unspecified atom stereocenters. The molecule has 2 rings (SSSR count). The van der Waals surface area contributed by atoms with Gasteiger partial charge in [-0.15, -0.1) is 0 Å². The van der Waals surface area contributed by atoms with E-state index in [0.29, 0.717) is 0 Å². The third kappa shape index (κ3) is 3.30. The van der Waals surface area contributed by atoms with Gasteiger partial charge in [0.05, 0.1) is 4.92 Å². The number of carbonyl (C=O) groups is 1. The molecule has 1 aromatic rings. The van der Waals surface area contributed by atoms with E-state index in [1.54, 1.807) is 11.9 Å². The maximum Gasteiger partial charge on any atom is 0.319 e. The molecule has 0 N–H and O–H groups in total. The van der Waals surface area contributed by atoms with Crippen molar-refractivity contribution in [2.75, 3.05) is 27.2 Å². The Labute approximate surface area is 127 Å². The highest BCUT2D eigenvalue weighted by Gasteiger charge is 2.30. The van der Waals surface area contributed by atoms with Crippen LogP contribution >= 0.6 is 11.6 Å². The summed E-state index contributed by atoms with van der Waals surface area (Å²) in [7, 11) is 3.71. The van der Waals surface area contributed by atoms with Gasteiger partial charge in [0.25, 0.3) is 5.91 Å². The Hall–Kier alpha value is -1.73. The fourth-order valence-corrected chi connectivity index (χ4v) is 2.74. The largest absolute Gasteiger partial charge is 0.338 e. The van der Waals surface area contributed by atoms with E-state index in [0.717, 1.165) is 25.9 Å². The highest BCUT2D eigenvalue weighted by Crippen LogP contribution is 2.28. The summed E-state index contributed by atoms with van der Waals surface area (Å²) in [5, 5.41) is 10.8. The Morgan fingerprint density at radius 3 is 2.71 bits per heavy atom. The zero-order valence-electron chi connectivity index (χ0n) is 12.0. The number of nitro groups is 1. The van der Waals surface area contributed by atoms with Gasteiger partial charge >= 0.3 is 5.69 Å². The molecule has 0 aliphatic carbocycles. The molecule has 7 nitrogen and oxygen atoms in total. The van der Waals surface area contributed by atoms with Crippen LogP contribution in [0.3, 0.4) is 0 Å². The smallest absolute Gasteiger partial charge is 0.319 e. The Balaban J connectivity index is 2.24. The first-order chi connectivity index (χ1) is 9.91. The number of likely N-dealkylation sites (tertiary alicyclic amines) is 1. The van der Waals surface area contributed by atoms with E-state index >= 15 is 0 Å². The summed E-state index contributed by atoms with van der Waals surface area (Å²) >= 11 is 5.75. The van der Waals surface area contributed by atoms with Crippen molar-refractivity contribution in [3.63, 3.8) is 0 Å². The van der Waals surface area contributed by atoms with Crippen LogP contribution in [0.15, 0.2) is 12.3 Å². The van der Waals surface area contributed by atoms with Gasteiger partial charge in [0.2, 0.25) is 5.15 Å². The van der Waals surface area contributed by atoms with Crippen LogP contribution in [0.1, 0.15) is 23.2 Å². The average Bonchev–Trinajstić information content (AvgIpc) is 2.46. The van der Waals surface area contributed by atoms with Crippen LogP contribution in [-0.2, 0) is 0 Å². The van der Waals surface area contributed by atoms with Crippen molar-refractivity contribution < 1.29 is 9.72 Å². The number of halogens is 1. The number of rotatable bonds is 3. The van der Waals surface area contributed by atoms with Crippen molar-refractivity contribution in [2.24, 2.45) is 0 Å². The fraction of sp³-hybridized carbons (Fsp3) is 0.538. The minimum absolute atomic E-state index is 0.0126. The van der Waals surface area contributed by atoms with Crippen LogP contribution in [0, 0.1) is 10.1 Å². The van der Waals surface area contributed by atoms with E-state index < -0.39 is 10.6 Å². The summed E-state index contributed by atoms with van der Waals surface area (Å²) in [6.45, 7) is 1.81. The molecule has 21 heavy (non-hydrogen) atoms. The fourth-order valence-electron chi connectivity index (χ4n) is 2.51. The van der Waals surface area contributed by atoms with E-state index in [4.69, 9.17) is 11.6 Å². The predicted octanol–water partition coefficient (Wildman–Crippen LogP) is 1.81. The molecule has 1 aliphatic rings. The summed E-state index contributed by atoms with van der Waals surface area (Å²) in [5.41, 5.74) is -0.439. The van der Waals surface area contributed by atoms with Gasteiger partial charge in [0, 0.05) is 19.3 Å². The molecule has 1 saturated heterocycles. The van der Waals surface area contributed by atoms with Gasteiger partial charge in [0.1, 0.15) is 5.56 Å². The summed E-state index contributed by atoms with van der Waals surface area (Å²) in [4.78, 5) is 30.4. The van der Waals surface area contributed by atoms with Crippen molar-refractivity contribution >= 4 is 23.2 Å².